The van der Waals surface area contributed by atoms with Crippen molar-refractivity contribution >= 4 is 28.6 Å². The van der Waals surface area contributed by atoms with Gasteiger partial charge in [-0.1, -0.05) is 0 Å². The molecule has 4 nitrogen and oxygen atoms in total. The van der Waals surface area contributed by atoms with Gasteiger partial charge in [-0.15, -0.1) is 0 Å². The molecule has 0 atom stereocenters. The first kappa shape index (κ1) is 10.1. The van der Waals surface area contributed by atoms with Crippen molar-refractivity contribution in [3.63, 3.8) is 0 Å². The molecule has 0 saturated carbocycles. The van der Waals surface area contributed by atoms with Gasteiger partial charge in [-0.2, -0.15) is 0 Å². The Bertz CT molecular complexity index is 187. The van der Waals surface area contributed by atoms with Gasteiger partial charge in [0.1, 0.15) is 0 Å². The van der Waals surface area contributed by atoms with Gasteiger partial charge in [0.05, 0.1) is 13.0 Å². The number of ether oxygens (including phenoxy) is 1. The van der Waals surface area contributed by atoms with Gasteiger partial charge in [-0.3, -0.25) is 9.59 Å². The summed E-state index contributed by atoms with van der Waals surface area (Å²) in [5, 5.41) is -0.858. The Kier molecular flexibility index (Phi) is 4.45. The molecule has 0 aliphatic heterocycles. The standard InChI is InChI=1S/C6H7ClO4/c1-2-11-6(10)4(8)3-5(7)9/h2-3H2,1H3. The zero-order valence-electron chi connectivity index (χ0n) is 5.93. The molecule has 0 fully saturated rings. The van der Waals surface area contributed by atoms with Crippen LogP contribution in [-0.2, 0) is 19.1 Å². The summed E-state index contributed by atoms with van der Waals surface area (Å²) in [5.41, 5.74) is 0. The molecule has 0 saturated heterocycles. The third-order valence-corrected chi connectivity index (χ3v) is 0.936. The molecule has 0 aromatic carbocycles. The van der Waals surface area contributed by atoms with E-state index in [9.17, 15) is 14.4 Å². The van der Waals surface area contributed by atoms with Gasteiger partial charge in [0.2, 0.25) is 11.0 Å². The van der Waals surface area contributed by atoms with E-state index in [0.717, 1.165) is 0 Å². The van der Waals surface area contributed by atoms with E-state index >= 15 is 0 Å². The molecule has 0 N–H and O–H groups in total. The Morgan fingerprint density at radius 3 is 2.27 bits per heavy atom. The maximum absolute atomic E-state index is 10.6. The summed E-state index contributed by atoms with van der Waals surface area (Å²) in [5.74, 6) is -1.92. The number of rotatable bonds is 4. The normalized spacial score (nSPS) is 8.91. The first-order valence-electron chi connectivity index (χ1n) is 2.96. The lowest BCUT2D eigenvalue weighted by molar-refractivity contribution is -0.154. The summed E-state index contributed by atoms with van der Waals surface area (Å²) in [6.45, 7) is 1.68. The fourth-order valence-corrected chi connectivity index (χ4v) is 0.531. The van der Waals surface area contributed by atoms with E-state index in [4.69, 9.17) is 11.6 Å². The first-order valence-corrected chi connectivity index (χ1v) is 3.34. The van der Waals surface area contributed by atoms with E-state index in [-0.39, 0.29) is 6.61 Å². The van der Waals surface area contributed by atoms with Crippen LogP contribution in [0.4, 0.5) is 0 Å². The SMILES string of the molecule is CCOC(=O)C(=O)CC(=O)Cl. The topological polar surface area (TPSA) is 60.4 Å². The highest BCUT2D eigenvalue weighted by molar-refractivity contribution is 6.66. The maximum Gasteiger partial charge on any atom is 0.375 e. The number of hydrogen-bond acceptors (Lipinski definition) is 4. The second kappa shape index (κ2) is 4.85. The Balaban J connectivity index is 3.83. The number of halogens is 1. The summed E-state index contributed by atoms with van der Waals surface area (Å²) in [7, 11) is 0. The van der Waals surface area contributed by atoms with Crippen molar-refractivity contribution < 1.29 is 19.1 Å². The molecule has 0 aliphatic carbocycles. The Morgan fingerprint density at radius 2 is 1.91 bits per heavy atom. The summed E-state index contributed by atoms with van der Waals surface area (Å²) in [4.78, 5) is 31.2. The number of ketones is 1. The third-order valence-electron chi connectivity index (χ3n) is 0.803. The fourth-order valence-electron chi connectivity index (χ4n) is 0.410. The number of esters is 1. The molecular weight excluding hydrogens is 172 g/mol. The smallest absolute Gasteiger partial charge is 0.375 e. The van der Waals surface area contributed by atoms with Crippen LogP contribution in [0, 0.1) is 0 Å². The fraction of sp³-hybridized carbons (Fsp3) is 0.500. The molecule has 0 unspecified atom stereocenters. The number of hydrogen-bond donors (Lipinski definition) is 0. The quantitative estimate of drug-likeness (QED) is 0.268. The van der Waals surface area contributed by atoms with Crippen molar-refractivity contribution in [2.24, 2.45) is 0 Å². The van der Waals surface area contributed by atoms with Crippen LogP contribution in [0.15, 0.2) is 0 Å². The highest BCUT2D eigenvalue weighted by atomic mass is 35.5. The molecule has 0 bridgehead atoms. The van der Waals surface area contributed by atoms with Crippen LogP contribution < -0.4 is 0 Å². The highest BCUT2D eigenvalue weighted by Crippen LogP contribution is 1.92. The molecule has 0 heterocycles. The third kappa shape index (κ3) is 4.50. The predicted molar refractivity (Wildman–Crippen MR) is 37.1 cm³/mol. The van der Waals surface area contributed by atoms with Gasteiger partial charge in [0.25, 0.3) is 0 Å². The summed E-state index contributed by atoms with van der Waals surface area (Å²) in [6.07, 6.45) is -0.597. The van der Waals surface area contributed by atoms with Gasteiger partial charge >= 0.3 is 5.97 Å². The van der Waals surface area contributed by atoms with Crippen molar-refractivity contribution in [1.82, 2.24) is 0 Å². The summed E-state index contributed by atoms with van der Waals surface area (Å²) < 4.78 is 4.31. The van der Waals surface area contributed by atoms with Gasteiger partial charge in [0, 0.05) is 0 Å². The maximum atomic E-state index is 10.6. The van der Waals surface area contributed by atoms with Crippen LogP contribution in [0.5, 0.6) is 0 Å². The van der Waals surface area contributed by atoms with Crippen LogP contribution in [0.1, 0.15) is 13.3 Å². The van der Waals surface area contributed by atoms with E-state index in [1.165, 1.54) is 0 Å². The van der Waals surface area contributed by atoms with Crippen molar-refractivity contribution in [2.45, 2.75) is 13.3 Å². The van der Waals surface area contributed by atoms with E-state index in [1.807, 2.05) is 0 Å². The predicted octanol–water partition coefficient (Wildman–Crippen LogP) is 0.274. The average molecular weight is 179 g/mol. The van der Waals surface area contributed by atoms with Crippen molar-refractivity contribution in [2.75, 3.05) is 6.61 Å². The van der Waals surface area contributed by atoms with Crippen LogP contribution >= 0.6 is 11.6 Å². The second-order valence-electron chi connectivity index (χ2n) is 1.68. The average Bonchev–Trinajstić information content (AvgIpc) is 1.86. The second-order valence-corrected chi connectivity index (χ2v) is 2.10. The molecule has 0 amide bonds. The minimum absolute atomic E-state index is 0.112. The van der Waals surface area contributed by atoms with Gasteiger partial charge in [0.15, 0.2) is 0 Å². The van der Waals surface area contributed by atoms with Crippen LogP contribution in [0.3, 0.4) is 0 Å². The Morgan fingerprint density at radius 1 is 1.36 bits per heavy atom. The van der Waals surface area contributed by atoms with Gasteiger partial charge in [-0.25, -0.2) is 4.79 Å². The van der Waals surface area contributed by atoms with Crippen LogP contribution in [-0.4, -0.2) is 23.6 Å². The number of carbonyl (C=O) groups excluding carboxylic acids is 3. The van der Waals surface area contributed by atoms with E-state index < -0.39 is 23.4 Å². The summed E-state index contributed by atoms with van der Waals surface area (Å²) in [6, 6.07) is 0. The lowest BCUT2D eigenvalue weighted by Crippen LogP contribution is -2.18. The molecular formula is C6H7ClO4. The lowest BCUT2D eigenvalue weighted by Gasteiger charge is -1.96. The van der Waals surface area contributed by atoms with Gasteiger partial charge in [-0.05, 0) is 18.5 Å². The minimum Gasteiger partial charge on any atom is -0.460 e. The number of carbonyl (C=O) groups is 3. The largest absolute Gasteiger partial charge is 0.460 e. The van der Waals surface area contributed by atoms with Crippen molar-refractivity contribution in [1.29, 1.82) is 0 Å². The molecule has 0 aromatic heterocycles. The van der Waals surface area contributed by atoms with E-state index in [0.29, 0.717) is 0 Å². The molecule has 11 heavy (non-hydrogen) atoms. The Hall–Kier alpha value is -0.900. The van der Waals surface area contributed by atoms with Crippen molar-refractivity contribution in [3.05, 3.63) is 0 Å². The number of Topliss-reactive ketones (excluding diaryl/α,β-unsaturated/α-hetero) is 1. The molecule has 0 spiro atoms. The van der Waals surface area contributed by atoms with Crippen molar-refractivity contribution in [3.8, 4) is 0 Å². The first-order chi connectivity index (χ1) is 5.07. The highest BCUT2D eigenvalue weighted by Gasteiger charge is 2.17. The molecule has 0 aromatic rings. The summed E-state index contributed by atoms with van der Waals surface area (Å²) >= 11 is 4.85. The molecule has 5 heteroatoms. The zero-order chi connectivity index (χ0) is 8.85. The van der Waals surface area contributed by atoms with Crippen LogP contribution in [0.2, 0.25) is 0 Å². The van der Waals surface area contributed by atoms with E-state index in [1.54, 1.807) is 6.92 Å². The molecule has 62 valence electrons. The molecule has 0 aliphatic rings. The lowest BCUT2D eigenvalue weighted by atomic mass is 10.3. The van der Waals surface area contributed by atoms with Crippen LogP contribution in [0.25, 0.3) is 0 Å². The monoisotopic (exact) mass is 178 g/mol. The Labute approximate surface area is 68.5 Å². The molecule has 0 rings (SSSR count). The minimum atomic E-state index is -1.01. The molecule has 0 radical (unpaired) electrons. The van der Waals surface area contributed by atoms with Gasteiger partial charge < -0.3 is 4.74 Å². The zero-order valence-corrected chi connectivity index (χ0v) is 6.68. The van der Waals surface area contributed by atoms with E-state index in [2.05, 4.69) is 4.74 Å².